The number of piperazine rings is 1. The Morgan fingerprint density at radius 3 is 2.79 bits per heavy atom. The monoisotopic (exact) mass is 330 g/mol. The van der Waals surface area contributed by atoms with Crippen LogP contribution in [-0.2, 0) is 17.8 Å². The van der Waals surface area contributed by atoms with Gasteiger partial charge in [-0.2, -0.15) is 0 Å². The predicted octanol–water partition coefficient (Wildman–Crippen LogP) is 0.965. The number of nitrogens with one attached hydrogen (secondary N) is 2. The molecule has 1 unspecified atom stereocenters. The number of hydrogen-bond donors (Lipinski definition) is 2. The number of nitrogens with zero attached hydrogens (tertiary/aromatic N) is 2. The Morgan fingerprint density at radius 2 is 2.00 bits per heavy atom. The number of carbonyl (C=O) groups is 2. The van der Waals surface area contributed by atoms with E-state index in [1.807, 2.05) is 21.9 Å². The summed E-state index contributed by atoms with van der Waals surface area (Å²) in [6, 6.07) is 8.50. The van der Waals surface area contributed by atoms with Gasteiger partial charge in [-0.15, -0.1) is 0 Å². The molecule has 0 radical (unpaired) electrons. The molecule has 1 atom stereocenters. The Bertz CT molecular complexity index is 604. The fraction of sp³-hybridized carbons (Fsp3) is 0.556. The molecule has 2 aliphatic rings. The first-order chi connectivity index (χ1) is 11.6. The molecule has 2 aliphatic heterocycles. The highest BCUT2D eigenvalue weighted by Crippen LogP contribution is 2.18. The molecular formula is C18H26N4O2. The molecule has 6 nitrogen and oxygen atoms in total. The van der Waals surface area contributed by atoms with Crippen molar-refractivity contribution in [1.29, 1.82) is 0 Å². The first-order valence-corrected chi connectivity index (χ1v) is 8.74. The van der Waals surface area contributed by atoms with Gasteiger partial charge in [0.05, 0.1) is 0 Å². The molecule has 3 rings (SSSR count). The Balaban J connectivity index is 1.42. The minimum Gasteiger partial charge on any atom is -0.340 e. The third-order valence-electron chi connectivity index (χ3n) is 4.75. The van der Waals surface area contributed by atoms with E-state index < -0.39 is 0 Å². The zero-order valence-electron chi connectivity index (χ0n) is 14.3. The summed E-state index contributed by atoms with van der Waals surface area (Å²) < 4.78 is 0. The summed E-state index contributed by atoms with van der Waals surface area (Å²) in [5.41, 5.74) is 2.54. The van der Waals surface area contributed by atoms with E-state index >= 15 is 0 Å². The lowest BCUT2D eigenvalue weighted by Gasteiger charge is -2.32. The molecule has 1 aromatic rings. The average Bonchev–Trinajstić information content (AvgIpc) is 2.61. The maximum Gasteiger partial charge on any atom is 0.317 e. The highest BCUT2D eigenvalue weighted by Gasteiger charge is 2.22. The van der Waals surface area contributed by atoms with Crippen molar-refractivity contribution < 1.29 is 9.59 Å². The number of fused-ring (bicyclic) bond motifs is 1. The fourth-order valence-corrected chi connectivity index (χ4v) is 3.37. The van der Waals surface area contributed by atoms with Crippen LogP contribution >= 0.6 is 0 Å². The summed E-state index contributed by atoms with van der Waals surface area (Å²) in [7, 11) is 0. The van der Waals surface area contributed by atoms with Crippen molar-refractivity contribution in [2.75, 3.05) is 32.7 Å². The van der Waals surface area contributed by atoms with E-state index in [4.69, 9.17) is 0 Å². The molecule has 0 bridgehead atoms. The van der Waals surface area contributed by atoms with Crippen LogP contribution < -0.4 is 10.6 Å². The molecule has 6 heteroatoms. The van der Waals surface area contributed by atoms with Gasteiger partial charge in [-0.25, -0.2) is 4.79 Å². The van der Waals surface area contributed by atoms with Crippen LogP contribution in [0.4, 0.5) is 4.79 Å². The minimum absolute atomic E-state index is 0.0778. The zero-order valence-corrected chi connectivity index (χ0v) is 14.3. The van der Waals surface area contributed by atoms with Gasteiger partial charge in [0, 0.05) is 51.7 Å². The molecule has 130 valence electrons. The Hall–Kier alpha value is -2.08. The first kappa shape index (κ1) is 16.8. The van der Waals surface area contributed by atoms with Gasteiger partial charge >= 0.3 is 6.03 Å². The van der Waals surface area contributed by atoms with Crippen LogP contribution in [0, 0.1) is 0 Å². The van der Waals surface area contributed by atoms with E-state index in [0.717, 1.165) is 32.6 Å². The van der Waals surface area contributed by atoms with Crippen molar-refractivity contribution in [3.05, 3.63) is 35.4 Å². The van der Waals surface area contributed by atoms with Crippen molar-refractivity contribution in [3.63, 3.8) is 0 Å². The highest BCUT2D eigenvalue weighted by atomic mass is 16.2. The smallest absolute Gasteiger partial charge is 0.317 e. The van der Waals surface area contributed by atoms with Gasteiger partial charge in [0.25, 0.3) is 0 Å². The van der Waals surface area contributed by atoms with E-state index in [2.05, 4.69) is 29.7 Å². The van der Waals surface area contributed by atoms with Gasteiger partial charge in [0.15, 0.2) is 0 Å². The number of benzene rings is 1. The summed E-state index contributed by atoms with van der Waals surface area (Å²) >= 11 is 0. The quantitative estimate of drug-likeness (QED) is 0.868. The second kappa shape index (κ2) is 7.66. The fourth-order valence-electron chi connectivity index (χ4n) is 3.37. The number of hydrogen-bond acceptors (Lipinski definition) is 3. The van der Waals surface area contributed by atoms with Crippen LogP contribution in [0.2, 0.25) is 0 Å². The third-order valence-corrected chi connectivity index (χ3v) is 4.75. The summed E-state index contributed by atoms with van der Waals surface area (Å²) in [6.07, 6.45) is 1.25. The SMILES string of the molecule is CC1CN(C(=O)CCNC(=O)N2CCc3ccccc3C2)CCN1. The molecule has 2 heterocycles. The molecular weight excluding hydrogens is 304 g/mol. The Morgan fingerprint density at radius 1 is 1.21 bits per heavy atom. The number of urea groups is 1. The Kier molecular flexibility index (Phi) is 5.35. The van der Waals surface area contributed by atoms with E-state index in [1.165, 1.54) is 11.1 Å². The molecule has 1 aromatic carbocycles. The molecule has 0 spiro atoms. The third kappa shape index (κ3) is 4.06. The van der Waals surface area contributed by atoms with Crippen LogP contribution in [0.1, 0.15) is 24.5 Å². The van der Waals surface area contributed by atoms with Crippen molar-refractivity contribution in [1.82, 2.24) is 20.4 Å². The molecule has 0 saturated carbocycles. The first-order valence-electron chi connectivity index (χ1n) is 8.74. The topological polar surface area (TPSA) is 64.7 Å². The summed E-state index contributed by atoms with van der Waals surface area (Å²) in [5, 5.41) is 6.21. The van der Waals surface area contributed by atoms with Gasteiger partial charge in [0.1, 0.15) is 0 Å². The van der Waals surface area contributed by atoms with Gasteiger partial charge in [-0.3, -0.25) is 4.79 Å². The van der Waals surface area contributed by atoms with Crippen LogP contribution in [0.15, 0.2) is 24.3 Å². The second-order valence-corrected chi connectivity index (χ2v) is 6.62. The second-order valence-electron chi connectivity index (χ2n) is 6.62. The summed E-state index contributed by atoms with van der Waals surface area (Å²) in [4.78, 5) is 28.2. The standard InChI is InChI=1S/C18H26N4O2/c1-14-12-21(11-9-19-14)17(23)6-8-20-18(24)22-10-7-15-4-2-3-5-16(15)13-22/h2-5,14,19H,6-13H2,1H3,(H,20,24). The maximum absolute atomic E-state index is 12.3. The lowest BCUT2D eigenvalue weighted by Crippen LogP contribution is -2.52. The number of rotatable bonds is 3. The largest absolute Gasteiger partial charge is 0.340 e. The highest BCUT2D eigenvalue weighted by molar-refractivity contribution is 5.78. The van der Waals surface area contributed by atoms with Crippen molar-refractivity contribution in [2.24, 2.45) is 0 Å². The van der Waals surface area contributed by atoms with Crippen molar-refractivity contribution >= 4 is 11.9 Å². The summed E-state index contributed by atoms with van der Waals surface area (Å²) in [5.74, 6) is 0.118. The lowest BCUT2D eigenvalue weighted by atomic mass is 10.0. The molecule has 0 aromatic heterocycles. The van der Waals surface area contributed by atoms with Gasteiger partial charge in [-0.05, 0) is 24.5 Å². The van der Waals surface area contributed by atoms with Crippen molar-refractivity contribution in [3.8, 4) is 0 Å². The molecule has 0 aliphatic carbocycles. The minimum atomic E-state index is -0.0778. The Labute approximate surface area is 143 Å². The van der Waals surface area contributed by atoms with Gasteiger partial charge in [0.2, 0.25) is 5.91 Å². The van der Waals surface area contributed by atoms with Crippen LogP contribution in [-0.4, -0.2) is 60.5 Å². The van der Waals surface area contributed by atoms with Crippen molar-refractivity contribution in [2.45, 2.75) is 32.4 Å². The molecule has 1 saturated heterocycles. The van der Waals surface area contributed by atoms with Crippen LogP contribution in [0.25, 0.3) is 0 Å². The van der Waals surface area contributed by atoms with Gasteiger partial charge in [-0.1, -0.05) is 24.3 Å². The van der Waals surface area contributed by atoms with Crippen LogP contribution in [0.3, 0.4) is 0 Å². The molecule has 1 fully saturated rings. The zero-order chi connectivity index (χ0) is 16.9. The normalized spacial score (nSPS) is 20.5. The van der Waals surface area contributed by atoms with E-state index in [9.17, 15) is 9.59 Å². The number of amides is 3. The maximum atomic E-state index is 12.3. The van der Waals surface area contributed by atoms with E-state index in [1.54, 1.807) is 0 Å². The van der Waals surface area contributed by atoms with E-state index in [0.29, 0.717) is 25.6 Å². The lowest BCUT2D eigenvalue weighted by molar-refractivity contribution is -0.132. The molecule has 3 amide bonds. The average molecular weight is 330 g/mol. The van der Waals surface area contributed by atoms with Crippen LogP contribution in [0.5, 0.6) is 0 Å². The van der Waals surface area contributed by atoms with E-state index in [-0.39, 0.29) is 11.9 Å². The molecule has 24 heavy (non-hydrogen) atoms. The predicted molar refractivity (Wildman–Crippen MR) is 92.6 cm³/mol. The van der Waals surface area contributed by atoms with Gasteiger partial charge < -0.3 is 20.4 Å². The molecule has 2 N–H and O–H groups in total. The summed E-state index contributed by atoms with van der Waals surface area (Å²) in [6.45, 7) is 6.18. The number of carbonyl (C=O) groups excluding carboxylic acids is 2.